The minimum absolute atomic E-state index is 0.244. The van der Waals surface area contributed by atoms with Crippen LogP contribution in [-0.4, -0.2) is 39.3 Å². The van der Waals surface area contributed by atoms with Gasteiger partial charge >= 0.3 is 0 Å². The molecule has 1 aromatic carbocycles. The summed E-state index contributed by atoms with van der Waals surface area (Å²) < 4.78 is 4.78. The maximum atomic E-state index is 10.3. The number of methoxy groups -OCH3 is 1. The summed E-state index contributed by atoms with van der Waals surface area (Å²) in [7, 11) is 1.73. The summed E-state index contributed by atoms with van der Waals surface area (Å²) in [5.74, 6) is 0. The molecule has 5 heteroatoms. The molecule has 0 aliphatic carbocycles. The van der Waals surface area contributed by atoms with Gasteiger partial charge in [-0.1, -0.05) is 13.3 Å². The normalized spacial score (nSPS) is 16.4. The van der Waals surface area contributed by atoms with E-state index in [0.717, 1.165) is 38.2 Å². The first-order valence-electron chi connectivity index (χ1n) is 7.68. The number of nitrogens with zero attached hydrogens (tertiary/aromatic N) is 2. The van der Waals surface area contributed by atoms with Crippen molar-refractivity contribution in [2.75, 3.05) is 31.7 Å². The van der Waals surface area contributed by atoms with Gasteiger partial charge in [0.1, 0.15) is 0 Å². The number of amides is 1. The molecule has 2 rings (SSSR count). The molecule has 1 aromatic rings. The van der Waals surface area contributed by atoms with Gasteiger partial charge in [-0.15, -0.1) is 0 Å². The lowest BCUT2D eigenvalue weighted by Crippen LogP contribution is -2.31. The Morgan fingerprint density at radius 1 is 1.45 bits per heavy atom. The molecule has 1 aliphatic heterocycles. The highest BCUT2D eigenvalue weighted by Crippen LogP contribution is 2.20. The summed E-state index contributed by atoms with van der Waals surface area (Å²) in [6.07, 6.45) is 4.15. The molecular weight excluding hydrogens is 278 g/mol. The predicted octanol–water partition coefficient (Wildman–Crippen LogP) is 2.32. The summed E-state index contributed by atoms with van der Waals surface area (Å²) in [6, 6.07) is 9.86. The third-order valence-corrected chi connectivity index (χ3v) is 3.56. The standard InChI is InChI=1S/C12H13N3O.C5H12O/c13-7-10-1-3-12(4-2-10)15-6-5-11(8-15)14-9-16;1-3-4-5-6-2/h1-4,9,11H,5-6,8H2,(H,14,16);3-5H2,1-2H3. The van der Waals surface area contributed by atoms with Gasteiger partial charge in [0.15, 0.2) is 0 Å². The SMILES string of the molecule is CCCCOC.N#Cc1ccc(N2CCC(NC=O)C2)cc1. The van der Waals surface area contributed by atoms with Crippen molar-refractivity contribution in [1.29, 1.82) is 5.26 Å². The summed E-state index contributed by atoms with van der Waals surface area (Å²) in [4.78, 5) is 12.5. The van der Waals surface area contributed by atoms with E-state index in [1.165, 1.54) is 12.8 Å². The van der Waals surface area contributed by atoms with E-state index < -0.39 is 0 Å². The van der Waals surface area contributed by atoms with Crippen molar-refractivity contribution in [3.8, 4) is 6.07 Å². The number of anilines is 1. The first kappa shape index (κ1) is 18.0. The first-order valence-corrected chi connectivity index (χ1v) is 7.68. The van der Waals surface area contributed by atoms with E-state index in [0.29, 0.717) is 5.56 Å². The van der Waals surface area contributed by atoms with Crippen molar-refractivity contribution in [2.24, 2.45) is 0 Å². The Morgan fingerprint density at radius 2 is 2.18 bits per heavy atom. The zero-order valence-electron chi connectivity index (χ0n) is 13.4. The van der Waals surface area contributed by atoms with Crippen LogP contribution < -0.4 is 10.2 Å². The lowest BCUT2D eigenvalue weighted by Gasteiger charge is -2.18. The smallest absolute Gasteiger partial charge is 0.207 e. The fourth-order valence-electron chi connectivity index (χ4n) is 2.26. The van der Waals surface area contributed by atoms with Gasteiger partial charge < -0.3 is 15.0 Å². The molecule has 1 fully saturated rings. The van der Waals surface area contributed by atoms with Gasteiger partial charge in [-0.2, -0.15) is 5.26 Å². The largest absolute Gasteiger partial charge is 0.385 e. The number of unbranched alkanes of at least 4 members (excludes halogenated alkanes) is 1. The fraction of sp³-hybridized carbons (Fsp3) is 0.529. The number of rotatable bonds is 6. The first-order chi connectivity index (χ1) is 10.7. The van der Waals surface area contributed by atoms with Crippen LogP contribution in [0.4, 0.5) is 5.69 Å². The Hall–Kier alpha value is -2.06. The summed E-state index contributed by atoms with van der Waals surface area (Å²) in [6.45, 7) is 4.84. The molecule has 0 spiro atoms. The van der Waals surface area contributed by atoms with Crippen LogP contribution in [0.2, 0.25) is 0 Å². The van der Waals surface area contributed by atoms with Gasteiger partial charge in [0.25, 0.3) is 0 Å². The number of nitriles is 1. The summed E-state index contributed by atoms with van der Waals surface area (Å²) >= 11 is 0. The second kappa shape index (κ2) is 10.6. The van der Waals surface area contributed by atoms with Crippen molar-refractivity contribution in [2.45, 2.75) is 32.2 Å². The zero-order valence-corrected chi connectivity index (χ0v) is 13.4. The molecule has 1 atom stereocenters. The van der Waals surface area contributed by atoms with Crippen molar-refractivity contribution in [3.63, 3.8) is 0 Å². The van der Waals surface area contributed by atoms with Crippen LogP contribution in [0.15, 0.2) is 24.3 Å². The van der Waals surface area contributed by atoms with Gasteiger partial charge in [-0.25, -0.2) is 0 Å². The van der Waals surface area contributed by atoms with Crippen LogP contribution in [0.3, 0.4) is 0 Å². The van der Waals surface area contributed by atoms with Crippen LogP contribution in [0.1, 0.15) is 31.7 Å². The predicted molar refractivity (Wildman–Crippen MR) is 87.8 cm³/mol. The molecule has 1 saturated heterocycles. The van der Waals surface area contributed by atoms with Crippen LogP contribution >= 0.6 is 0 Å². The van der Waals surface area contributed by atoms with E-state index in [2.05, 4.69) is 23.2 Å². The Morgan fingerprint density at radius 3 is 2.68 bits per heavy atom. The van der Waals surface area contributed by atoms with Crippen LogP contribution in [-0.2, 0) is 9.53 Å². The molecule has 0 radical (unpaired) electrons. The zero-order chi connectivity index (χ0) is 16.2. The van der Waals surface area contributed by atoms with E-state index >= 15 is 0 Å². The Labute approximate surface area is 132 Å². The summed E-state index contributed by atoms with van der Waals surface area (Å²) in [5, 5.41) is 11.5. The summed E-state index contributed by atoms with van der Waals surface area (Å²) in [5.41, 5.74) is 1.78. The van der Waals surface area contributed by atoms with Gasteiger partial charge in [-0.05, 0) is 37.1 Å². The van der Waals surface area contributed by atoms with Gasteiger partial charge in [0.05, 0.1) is 11.6 Å². The maximum absolute atomic E-state index is 10.3. The maximum Gasteiger partial charge on any atom is 0.207 e. The van der Waals surface area contributed by atoms with Gasteiger partial charge in [0, 0.05) is 38.5 Å². The average Bonchev–Trinajstić information content (AvgIpc) is 3.02. The Bertz CT molecular complexity index is 464. The molecular formula is C17H25N3O2. The third-order valence-electron chi connectivity index (χ3n) is 3.56. The number of carbonyl (C=O) groups is 1. The number of benzene rings is 1. The highest BCUT2D eigenvalue weighted by molar-refractivity contribution is 5.52. The third kappa shape index (κ3) is 6.15. The molecule has 1 heterocycles. The molecule has 5 nitrogen and oxygen atoms in total. The van der Waals surface area contributed by atoms with Crippen molar-refractivity contribution >= 4 is 12.1 Å². The van der Waals surface area contributed by atoms with E-state index in [9.17, 15) is 4.79 Å². The number of nitrogens with one attached hydrogen (secondary N) is 1. The van der Waals surface area contributed by atoms with E-state index in [4.69, 9.17) is 10.00 Å². The van der Waals surface area contributed by atoms with Crippen molar-refractivity contribution < 1.29 is 9.53 Å². The van der Waals surface area contributed by atoms with E-state index in [1.807, 2.05) is 24.3 Å². The van der Waals surface area contributed by atoms with Crippen molar-refractivity contribution in [1.82, 2.24) is 5.32 Å². The number of hydrogen-bond acceptors (Lipinski definition) is 4. The second-order valence-electron chi connectivity index (χ2n) is 5.22. The lowest BCUT2D eigenvalue weighted by atomic mass is 10.2. The Balaban J connectivity index is 0.000000346. The molecule has 0 aromatic heterocycles. The molecule has 120 valence electrons. The monoisotopic (exact) mass is 303 g/mol. The van der Waals surface area contributed by atoms with Gasteiger partial charge in [0.2, 0.25) is 6.41 Å². The molecule has 22 heavy (non-hydrogen) atoms. The van der Waals surface area contributed by atoms with Crippen LogP contribution in [0, 0.1) is 11.3 Å². The minimum atomic E-state index is 0.244. The molecule has 1 unspecified atom stereocenters. The highest BCUT2D eigenvalue weighted by atomic mass is 16.5. The fourth-order valence-corrected chi connectivity index (χ4v) is 2.26. The molecule has 1 N–H and O–H groups in total. The number of hydrogen-bond donors (Lipinski definition) is 1. The number of carbonyl (C=O) groups excluding carboxylic acids is 1. The Kier molecular flexibility index (Phi) is 8.70. The minimum Gasteiger partial charge on any atom is -0.385 e. The van der Waals surface area contributed by atoms with Gasteiger partial charge in [-0.3, -0.25) is 4.79 Å². The quantitative estimate of drug-likeness (QED) is 0.647. The highest BCUT2D eigenvalue weighted by Gasteiger charge is 2.21. The van der Waals surface area contributed by atoms with Crippen LogP contribution in [0.5, 0.6) is 0 Å². The molecule has 0 bridgehead atoms. The second-order valence-corrected chi connectivity index (χ2v) is 5.22. The molecule has 1 amide bonds. The number of ether oxygens (including phenoxy) is 1. The van der Waals surface area contributed by atoms with Crippen LogP contribution in [0.25, 0.3) is 0 Å². The van der Waals surface area contributed by atoms with E-state index in [-0.39, 0.29) is 6.04 Å². The lowest BCUT2D eigenvalue weighted by molar-refractivity contribution is -0.110. The van der Waals surface area contributed by atoms with Crippen molar-refractivity contribution in [3.05, 3.63) is 29.8 Å². The van der Waals surface area contributed by atoms with E-state index in [1.54, 1.807) is 7.11 Å². The molecule has 0 saturated carbocycles. The topological polar surface area (TPSA) is 65.4 Å². The average molecular weight is 303 g/mol. The molecule has 1 aliphatic rings.